The van der Waals surface area contributed by atoms with Crippen molar-refractivity contribution in [2.45, 2.75) is 33.1 Å². The number of benzene rings is 1. The maximum absolute atomic E-state index is 12.4. The van der Waals surface area contributed by atoms with E-state index >= 15 is 0 Å². The molecule has 0 bridgehead atoms. The second kappa shape index (κ2) is 8.10. The van der Waals surface area contributed by atoms with Gasteiger partial charge in [-0.25, -0.2) is 12.7 Å². The van der Waals surface area contributed by atoms with Gasteiger partial charge >= 0.3 is 0 Å². The Morgan fingerprint density at radius 3 is 2.36 bits per heavy atom. The van der Waals surface area contributed by atoms with Crippen LogP contribution in [-0.4, -0.2) is 61.7 Å². The molecule has 1 heterocycles. The first-order valence-electron chi connectivity index (χ1n) is 8.52. The average Bonchev–Trinajstić information content (AvgIpc) is 2.80. The van der Waals surface area contributed by atoms with Crippen LogP contribution in [0.2, 0.25) is 0 Å². The van der Waals surface area contributed by atoms with Gasteiger partial charge in [-0.05, 0) is 37.5 Å². The van der Waals surface area contributed by atoms with E-state index in [0.29, 0.717) is 38.2 Å². The predicted molar refractivity (Wildman–Crippen MR) is 97.1 cm³/mol. The van der Waals surface area contributed by atoms with Crippen LogP contribution < -0.4 is 0 Å². The Morgan fingerprint density at radius 2 is 1.72 bits per heavy atom. The third-order valence-electron chi connectivity index (χ3n) is 4.67. The van der Waals surface area contributed by atoms with Gasteiger partial charge in [0.15, 0.2) is 5.78 Å². The molecular formula is C18H26N2O4S. The van der Waals surface area contributed by atoms with Crippen molar-refractivity contribution < 1.29 is 18.0 Å². The van der Waals surface area contributed by atoms with Gasteiger partial charge in [-0.1, -0.05) is 12.1 Å². The number of hydrogen-bond donors (Lipinski definition) is 0. The van der Waals surface area contributed by atoms with E-state index in [9.17, 15) is 18.0 Å². The highest BCUT2D eigenvalue weighted by Gasteiger charge is 2.24. The Balaban J connectivity index is 1.89. The fraction of sp³-hybridized carbons (Fsp3) is 0.556. The van der Waals surface area contributed by atoms with E-state index in [1.165, 1.54) is 10.6 Å². The lowest BCUT2D eigenvalue weighted by Crippen LogP contribution is -2.37. The van der Waals surface area contributed by atoms with Crippen molar-refractivity contribution >= 4 is 21.7 Å². The summed E-state index contributed by atoms with van der Waals surface area (Å²) in [5, 5.41) is 0. The van der Waals surface area contributed by atoms with Crippen molar-refractivity contribution in [3.05, 3.63) is 34.9 Å². The fourth-order valence-electron chi connectivity index (χ4n) is 2.91. The van der Waals surface area contributed by atoms with Crippen molar-refractivity contribution in [1.82, 2.24) is 9.21 Å². The molecule has 0 radical (unpaired) electrons. The molecule has 1 saturated heterocycles. The van der Waals surface area contributed by atoms with Gasteiger partial charge in [0.05, 0.1) is 6.26 Å². The van der Waals surface area contributed by atoms with Crippen molar-refractivity contribution in [2.75, 3.05) is 32.4 Å². The molecule has 0 spiro atoms. The van der Waals surface area contributed by atoms with E-state index in [0.717, 1.165) is 11.1 Å². The molecule has 1 fully saturated rings. The molecule has 0 atom stereocenters. The summed E-state index contributed by atoms with van der Waals surface area (Å²) in [5.74, 6) is -0.128. The molecule has 6 nitrogen and oxygen atoms in total. The fourth-order valence-corrected chi connectivity index (χ4v) is 3.79. The zero-order chi connectivity index (χ0) is 18.6. The molecule has 25 heavy (non-hydrogen) atoms. The molecular weight excluding hydrogens is 340 g/mol. The number of hydrogen-bond acceptors (Lipinski definition) is 4. The first-order valence-corrected chi connectivity index (χ1v) is 10.4. The summed E-state index contributed by atoms with van der Waals surface area (Å²) in [4.78, 5) is 26.3. The van der Waals surface area contributed by atoms with Crippen molar-refractivity contribution in [3.8, 4) is 0 Å². The maximum atomic E-state index is 12.4. The highest BCUT2D eigenvalue weighted by atomic mass is 32.2. The summed E-state index contributed by atoms with van der Waals surface area (Å²) >= 11 is 0. The van der Waals surface area contributed by atoms with Crippen molar-refractivity contribution in [3.63, 3.8) is 0 Å². The van der Waals surface area contributed by atoms with E-state index in [2.05, 4.69) is 0 Å². The van der Waals surface area contributed by atoms with Crippen LogP contribution in [0.5, 0.6) is 0 Å². The molecule has 1 aromatic rings. The van der Waals surface area contributed by atoms with Gasteiger partial charge in [-0.2, -0.15) is 0 Å². The Bertz CT molecular complexity index is 758. The van der Waals surface area contributed by atoms with Crippen LogP contribution in [0.3, 0.4) is 0 Å². The van der Waals surface area contributed by atoms with Crippen LogP contribution in [0.4, 0.5) is 0 Å². The Morgan fingerprint density at radius 1 is 1.00 bits per heavy atom. The molecule has 1 aliphatic heterocycles. The van der Waals surface area contributed by atoms with Crippen LogP contribution >= 0.6 is 0 Å². The summed E-state index contributed by atoms with van der Waals surface area (Å²) in [5.41, 5.74) is 2.83. The minimum atomic E-state index is -3.23. The summed E-state index contributed by atoms with van der Waals surface area (Å²) in [6, 6.07) is 5.57. The van der Waals surface area contributed by atoms with Gasteiger partial charge in [0, 0.05) is 44.6 Å². The Hall–Kier alpha value is -1.73. The van der Waals surface area contributed by atoms with E-state index in [1.807, 2.05) is 26.0 Å². The standard InChI is InChI=1S/C18H26N2O4S/c1-14-5-6-16(13-15(14)2)17(21)7-8-18(22)19-9-4-10-20(12-11-19)25(3,23)24/h5-6,13H,4,7-12H2,1-3H3. The van der Waals surface area contributed by atoms with Crippen LogP contribution in [0, 0.1) is 13.8 Å². The Labute approximate surface area is 149 Å². The van der Waals surface area contributed by atoms with Crippen LogP contribution in [0.1, 0.15) is 40.7 Å². The lowest BCUT2D eigenvalue weighted by molar-refractivity contribution is -0.131. The monoisotopic (exact) mass is 366 g/mol. The van der Waals surface area contributed by atoms with E-state index in [-0.39, 0.29) is 24.5 Å². The maximum Gasteiger partial charge on any atom is 0.223 e. The first-order chi connectivity index (χ1) is 11.7. The number of carbonyl (C=O) groups excluding carboxylic acids is 2. The highest BCUT2D eigenvalue weighted by molar-refractivity contribution is 7.88. The highest BCUT2D eigenvalue weighted by Crippen LogP contribution is 2.14. The summed E-state index contributed by atoms with van der Waals surface area (Å²) in [7, 11) is -3.23. The number of nitrogens with zero attached hydrogens (tertiary/aromatic N) is 2. The summed E-state index contributed by atoms with van der Waals surface area (Å²) in [6.45, 7) is 5.61. The number of aryl methyl sites for hydroxylation is 2. The second-order valence-corrected chi connectivity index (χ2v) is 8.60. The molecule has 2 rings (SSSR count). The molecule has 0 aliphatic carbocycles. The lowest BCUT2D eigenvalue weighted by Gasteiger charge is -2.21. The molecule has 0 saturated carbocycles. The van der Waals surface area contributed by atoms with Gasteiger partial charge in [-0.15, -0.1) is 0 Å². The Kier molecular flexibility index (Phi) is 6.35. The molecule has 7 heteroatoms. The smallest absolute Gasteiger partial charge is 0.223 e. The SMILES string of the molecule is Cc1ccc(C(=O)CCC(=O)N2CCCN(S(C)(=O)=O)CC2)cc1C. The van der Waals surface area contributed by atoms with Gasteiger partial charge in [0.2, 0.25) is 15.9 Å². The number of amides is 1. The van der Waals surface area contributed by atoms with Gasteiger partial charge in [0.1, 0.15) is 0 Å². The minimum absolute atomic E-state index is 0.0379. The number of carbonyl (C=O) groups is 2. The molecule has 138 valence electrons. The number of Topliss-reactive ketones (excluding diaryl/α,β-unsaturated/α-hetero) is 1. The van der Waals surface area contributed by atoms with Crippen LogP contribution in [0.15, 0.2) is 18.2 Å². The number of ketones is 1. The van der Waals surface area contributed by atoms with Gasteiger partial charge in [0.25, 0.3) is 0 Å². The van der Waals surface area contributed by atoms with Gasteiger partial charge < -0.3 is 4.90 Å². The summed E-state index contributed by atoms with van der Waals surface area (Å²) in [6.07, 6.45) is 2.13. The molecule has 1 amide bonds. The first kappa shape index (κ1) is 19.6. The van der Waals surface area contributed by atoms with Crippen molar-refractivity contribution in [2.24, 2.45) is 0 Å². The van der Waals surface area contributed by atoms with Crippen LogP contribution in [0.25, 0.3) is 0 Å². The number of sulfonamides is 1. The summed E-state index contributed by atoms with van der Waals surface area (Å²) < 4.78 is 24.6. The normalized spacial score (nSPS) is 16.5. The molecule has 0 unspecified atom stereocenters. The van der Waals surface area contributed by atoms with E-state index < -0.39 is 10.0 Å². The third-order valence-corrected chi connectivity index (χ3v) is 5.97. The average molecular weight is 366 g/mol. The lowest BCUT2D eigenvalue weighted by atomic mass is 10.0. The molecule has 0 aromatic heterocycles. The minimum Gasteiger partial charge on any atom is -0.341 e. The molecule has 1 aromatic carbocycles. The largest absolute Gasteiger partial charge is 0.341 e. The van der Waals surface area contributed by atoms with Crippen molar-refractivity contribution in [1.29, 1.82) is 0 Å². The number of rotatable bonds is 5. The quantitative estimate of drug-likeness (QED) is 0.744. The zero-order valence-corrected chi connectivity index (χ0v) is 15.9. The van der Waals surface area contributed by atoms with E-state index in [4.69, 9.17) is 0 Å². The van der Waals surface area contributed by atoms with Crippen LogP contribution in [-0.2, 0) is 14.8 Å². The van der Waals surface area contributed by atoms with Gasteiger partial charge in [-0.3, -0.25) is 9.59 Å². The zero-order valence-electron chi connectivity index (χ0n) is 15.1. The third kappa shape index (κ3) is 5.37. The van der Waals surface area contributed by atoms with E-state index in [1.54, 1.807) is 11.0 Å². The molecule has 1 aliphatic rings. The molecule has 0 N–H and O–H groups in total. The topological polar surface area (TPSA) is 74.8 Å². The predicted octanol–water partition coefficient (Wildman–Crippen LogP) is 1.76. The second-order valence-electron chi connectivity index (χ2n) is 6.62.